The van der Waals surface area contributed by atoms with Gasteiger partial charge in [-0.3, -0.25) is 0 Å². The summed E-state index contributed by atoms with van der Waals surface area (Å²) in [5.41, 5.74) is 0. The first-order valence-corrected chi connectivity index (χ1v) is 11.2. The molecule has 0 saturated heterocycles. The summed E-state index contributed by atoms with van der Waals surface area (Å²) in [5, 5.41) is 0. The van der Waals surface area contributed by atoms with E-state index in [0.29, 0.717) is 6.10 Å². The predicted octanol–water partition coefficient (Wildman–Crippen LogP) is 6.94. The van der Waals surface area contributed by atoms with E-state index in [9.17, 15) is 0 Å². The van der Waals surface area contributed by atoms with Gasteiger partial charge in [0.05, 0.1) is 6.10 Å². The maximum absolute atomic E-state index is 6.33. The first-order chi connectivity index (χ1) is 12.3. The number of hydrogen-bond donors (Lipinski definition) is 0. The molecule has 0 aliphatic heterocycles. The molecule has 3 rings (SSSR count). The second-order valence-electron chi connectivity index (χ2n) is 9.06. The van der Waals surface area contributed by atoms with Gasteiger partial charge in [-0.15, -0.1) is 6.58 Å². The van der Waals surface area contributed by atoms with Crippen molar-refractivity contribution >= 4 is 0 Å². The van der Waals surface area contributed by atoms with Gasteiger partial charge in [-0.2, -0.15) is 0 Å². The topological polar surface area (TPSA) is 9.23 Å². The molecular weight excluding hydrogens is 304 g/mol. The third kappa shape index (κ3) is 5.71. The molecule has 0 spiro atoms. The Morgan fingerprint density at radius 3 is 2.28 bits per heavy atom. The highest BCUT2D eigenvalue weighted by Crippen LogP contribution is 2.38. The average molecular weight is 345 g/mol. The fourth-order valence-electron chi connectivity index (χ4n) is 5.45. The normalized spacial score (nSPS) is 39.2. The molecule has 2 fully saturated rings. The number of ether oxygens (including phenoxy) is 1. The molecule has 142 valence electrons. The molecule has 0 N–H and O–H groups in total. The summed E-state index contributed by atoms with van der Waals surface area (Å²) >= 11 is 0. The van der Waals surface area contributed by atoms with Crippen molar-refractivity contribution in [2.45, 2.75) is 90.1 Å². The fraction of sp³-hybridized carbons (Fsp3) is 0.833. The number of allylic oxidation sites excluding steroid dienone is 3. The maximum atomic E-state index is 6.33. The highest BCUT2D eigenvalue weighted by atomic mass is 16.5. The van der Waals surface area contributed by atoms with Crippen molar-refractivity contribution < 1.29 is 4.74 Å². The summed E-state index contributed by atoms with van der Waals surface area (Å²) in [5.74, 6) is 4.25. The molecule has 3 aliphatic rings. The average Bonchev–Trinajstić information content (AvgIpc) is 2.68. The maximum Gasteiger partial charge on any atom is 0.0575 e. The molecule has 2 unspecified atom stereocenters. The molecule has 0 aromatic carbocycles. The second-order valence-corrected chi connectivity index (χ2v) is 9.06. The lowest BCUT2D eigenvalue weighted by Gasteiger charge is -2.36. The van der Waals surface area contributed by atoms with Crippen molar-refractivity contribution in [1.29, 1.82) is 0 Å². The summed E-state index contributed by atoms with van der Waals surface area (Å²) in [6.45, 7) is 7.28. The van der Waals surface area contributed by atoms with Gasteiger partial charge in [-0.25, -0.2) is 0 Å². The molecule has 0 aromatic rings. The zero-order valence-corrected chi connectivity index (χ0v) is 16.5. The second kappa shape index (κ2) is 9.95. The van der Waals surface area contributed by atoms with E-state index in [0.717, 1.165) is 36.2 Å². The Hall–Kier alpha value is -0.560. The third-order valence-corrected chi connectivity index (χ3v) is 7.28. The lowest BCUT2D eigenvalue weighted by molar-refractivity contribution is -0.0122. The largest absolute Gasteiger partial charge is 0.378 e. The van der Waals surface area contributed by atoms with Crippen LogP contribution in [0.15, 0.2) is 24.8 Å². The highest BCUT2D eigenvalue weighted by Gasteiger charge is 2.29. The van der Waals surface area contributed by atoms with E-state index in [-0.39, 0.29) is 0 Å². The fourth-order valence-corrected chi connectivity index (χ4v) is 5.45. The minimum Gasteiger partial charge on any atom is -0.378 e. The monoisotopic (exact) mass is 344 g/mol. The van der Waals surface area contributed by atoms with Crippen molar-refractivity contribution in [2.75, 3.05) is 6.61 Å². The molecule has 0 amide bonds. The molecule has 0 heterocycles. The zero-order chi connectivity index (χ0) is 17.5. The Balaban J connectivity index is 1.32. The molecular formula is C24H40O. The summed E-state index contributed by atoms with van der Waals surface area (Å²) in [4.78, 5) is 0. The first kappa shape index (κ1) is 19.2. The predicted molar refractivity (Wildman–Crippen MR) is 108 cm³/mol. The Kier molecular flexibility index (Phi) is 7.65. The van der Waals surface area contributed by atoms with Crippen LogP contribution in [0.2, 0.25) is 0 Å². The lowest BCUT2D eigenvalue weighted by Crippen LogP contribution is -2.28. The van der Waals surface area contributed by atoms with Gasteiger partial charge in [-0.1, -0.05) is 31.6 Å². The van der Waals surface area contributed by atoms with Gasteiger partial charge in [0, 0.05) is 6.61 Å². The summed E-state index contributed by atoms with van der Waals surface area (Å²) in [7, 11) is 0. The van der Waals surface area contributed by atoms with Crippen LogP contribution in [0.3, 0.4) is 0 Å². The summed E-state index contributed by atoms with van der Waals surface area (Å²) in [6.07, 6.45) is 24.1. The highest BCUT2D eigenvalue weighted by molar-refractivity contribution is 5.00. The van der Waals surface area contributed by atoms with Crippen molar-refractivity contribution in [3.8, 4) is 0 Å². The Morgan fingerprint density at radius 2 is 1.68 bits per heavy atom. The van der Waals surface area contributed by atoms with Crippen LogP contribution in [-0.4, -0.2) is 12.7 Å². The number of hydrogen-bond acceptors (Lipinski definition) is 1. The van der Waals surface area contributed by atoms with Crippen LogP contribution in [-0.2, 0) is 4.74 Å². The van der Waals surface area contributed by atoms with Gasteiger partial charge in [0.2, 0.25) is 0 Å². The zero-order valence-electron chi connectivity index (χ0n) is 16.5. The quantitative estimate of drug-likeness (QED) is 0.455. The van der Waals surface area contributed by atoms with E-state index in [2.05, 4.69) is 31.7 Å². The SMILES string of the molecule is C=CC1CCC(COC2CCC(C3C=CC(CCC)CC3)CC2)CC1. The summed E-state index contributed by atoms with van der Waals surface area (Å²) < 4.78 is 6.33. The van der Waals surface area contributed by atoms with Crippen LogP contribution >= 0.6 is 0 Å². The molecule has 2 atom stereocenters. The molecule has 0 radical (unpaired) electrons. The van der Waals surface area contributed by atoms with E-state index in [4.69, 9.17) is 4.74 Å². The lowest BCUT2D eigenvalue weighted by atomic mass is 9.73. The van der Waals surface area contributed by atoms with Crippen LogP contribution in [0.1, 0.15) is 84.0 Å². The molecule has 3 aliphatic carbocycles. The van der Waals surface area contributed by atoms with E-state index in [1.165, 1.54) is 77.0 Å². The van der Waals surface area contributed by atoms with Crippen molar-refractivity contribution in [2.24, 2.45) is 29.6 Å². The van der Waals surface area contributed by atoms with Crippen molar-refractivity contribution in [3.05, 3.63) is 24.8 Å². The Bertz CT molecular complexity index is 410. The number of rotatable bonds is 7. The summed E-state index contributed by atoms with van der Waals surface area (Å²) in [6, 6.07) is 0. The van der Waals surface area contributed by atoms with Gasteiger partial charge in [0.25, 0.3) is 0 Å². The molecule has 1 nitrogen and oxygen atoms in total. The van der Waals surface area contributed by atoms with Crippen LogP contribution in [0.25, 0.3) is 0 Å². The van der Waals surface area contributed by atoms with E-state index in [1.807, 2.05) is 0 Å². The van der Waals surface area contributed by atoms with Crippen LogP contribution < -0.4 is 0 Å². The Labute approximate surface area is 156 Å². The first-order valence-electron chi connectivity index (χ1n) is 11.2. The van der Waals surface area contributed by atoms with Gasteiger partial charge in [-0.05, 0) is 100 Å². The standard InChI is InChI=1S/C24H40O/c1-3-5-20-10-12-22(13-11-20)23-14-16-24(17-15-23)25-18-21-8-6-19(4-2)7-9-21/h4,10,12,19-24H,2-3,5-9,11,13-18H2,1H3. The third-order valence-electron chi connectivity index (χ3n) is 7.28. The molecule has 25 heavy (non-hydrogen) atoms. The molecule has 1 heteroatoms. The molecule has 2 saturated carbocycles. The van der Waals surface area contributed by atoms with Gasteiger partial charge >= 0.3 is 0 Å². The Morgan fingerprint density at radius 1 is 0.920 bits per heavy atom. The van der Waals surface area contributed by atoms with Crippen molar-refractivity contribution in [3.63, 3.8) is 0 Å². The minimum atomic E-state index is 0.550. The van der Waals surface area contributed by atoms with E-state index in [1.54, 1.807) is 0 Å². The van der Waals surface area contributed by atoms with Crippen LogP contribution in [0, 0.1) is 29.6 Å². The van der Waals surface area contributed by atoms with Crippen LogP contribution in [0.5, 0.6) is 0 Å². The molecule has 0 aromatic heterocycles. The van der Waals surface area contributed by atoms with E-state index < -0.39 is 0 Å². The minimum absolute atomic E-state index is 0.550. The van der Waals surface area contributed by atoms with Crippen LogP contribution in [0.4, 0.5) is 0 Å². The van der Waals surface area contributed by atoms with E-state index >= 15 is 0 Å². The smallest absolute Gasteiger partial charge is 0.0575 e. The van der Waals surface area contributed by atoms with Gasteiger partial charge in [0.1, 0.15) is 0 Å². The van der Waals surface area contributed by atoms with Crippen molar-refractivity contribution in [1.82, 2.24) is 0 Å². The molecule has 0 bridgehead atoms. The van der Waals surface area contributed by atoms with Gasteiger partial charge < -0.3 is 4.74 Å². The van der Waals surface area contributed by atoms with Gasteiger partial charge in [0.15, 0.2) is 0 Å².